The van der Waals surface area contributed by atoms with Gasteiger partial charge in [0.15, 0.2) is 0 Å². The van der Waals surface area contributed by atoms with E-state index in [2.05, 4.69) is 22.0 Å². The number of piperidine rings is 1. The largest absolute Gasteiger partial charge is 0.385 e. The summed E-state index contributed by atoms with van der Waals surface area (Å²) in [5.41, 5.74) is 0.420. The molecule has 1 saturated heterocycles. The molecular weight excluding hydrogens is 512 g/mol. The number of halogens is 1. The van der Waals surface area contributed by atoms with Gasteiger partial charge < -0.3 is 25.6 Å². The average Bonchev–Trinajstić information content (AvgIpc) is 2.95. The lowest BCUT2D eigenvalue weighted by atomic mass is 9.71. The summed E-state index contributed by atoms with van der Waals surface area (Å²) < 4.78 is 5.31. The van der Waals surface area contributed by atoms with Crippen molar-refractivity contribution in [2.75, 3.05) is 40.4 Å². The van der Waals surface area contributed by atoms with Crippen molar-refractivity contribution in [3.63, 3.8) is 0 Å². The molecule has 1 aliphatic heterocycles. The topological polar surface area (TPSA) is 82.7 Å². The zero-order valence-electron chi connectivity index (χ0n) is 24.4. The number of carbonyl (C=O) groups excluding carboxylic acids is 2. The van der Waals surface area contributed by atoms with Gasteiger partial charge in [-0.3, -0.25) is 4.79 Å². The van der Waals surface area contributed by atoms with Gasteiger partial charge >= 0.3 is 6.03 Å². The molecule has 0 aromatic heterocycles. The van der Waals surface area contributed by atoms with E-state index < -0.39 is 5.54 Å². The first-order valence-corrected chi connectivity index (χ1v) is 15.6. The summed E-state index contributed by atoms with van der Waals surface area (Å²) in [6.45, 7) is 4.67. The molecule has 7 nitrogen and oxygen atoms in total. The van der Waals surface area contributed by atoms with Gasteiger partial charge in [0.05, 0.1) is 5.54 Å². The molecule has 2 aliphatic rings. The van der Waals surface area contributed by atoms with E-state index in [1.54, 1.807) is 7.11 Å². The Hall–Kier alpha value is -1.83. The maximum atomic E-state index is 13.6. The monoisotopic (exact) mass is 562 g/mol. The van der Waals surface area contributed by atoms with Gasteiger partial charge in [-0.05, 0) is 69.2 Å². The van der Waals surface area contributed by atoms with Gasteiger partial charge in [0.1, 0.15) is 0 Å². The van der Waals surface area contributed by atoms with Crippen LogP contribution in [0.25, 0.3) is 0 Å². The van der Waals surface area contributed by atoms with Crippen LogP contribution in [0.5, 0.6) is 0 Å². The van der Waals surface area contributed by atoms with E-state index in [1.165, 1.54) is 32.1 Å². The summed E-state index contributed by atoms with van der Waals surface area (Å²) in [5, 5.41) is 10.7. The van der Waals surface area contributed by atoms with Crippen molar-refractivity contribution < 1.29 is 14.3 Å². The minimum absolute atomic E-state index is 0.0111. The van der Waals surface area contributed by atoms with E-state index in [1.807, 2.05) is 37.1 Å². The Balaban J connectivity index is 1.81. The first-order chi connectivity index (χ1) is 18.9. The number of ether oxygens (including phenoxy) is 1. The van der Waals surface area contributed by atoms with Crippen LogP contribution in [0, 0.1) is 11.8 Å². The second-order valence-electron chi connectivity index (χ2n) is 11.6. The highest BCUT2D eigenvalue weighted by molar-refractivity contribution is 6.30. The third kappa shape index (κ3) is 9.36. The number of likely N-dealkylation sites (N-methyl/N-ethyl adjacent to an activating group) is 1. The number of benzene rings is 1. The molecule has 3 rings (SSSR count). The molecule has 0 bridgehead atoms. The van der Waals surface area contributed by atoms with Crippen molar-refractivity contribution in [3.05, 3.63) is 34.9 Å². The molecule has 3 amide bonds. The number of carbonyl (C=O) groups is 2. The Labute approximate surface area is 241 Å². The molecule has 3 atom stereocenters. The summed E-state index contributed by atoms with van der Waals surface area (Å²) in [6.07, 6.45) is 12.3. The lowest BCUT2D eigenvalue weighted by Crippen LogP contribution is -2.58. The second kappa shape index (κ2) is 16.4. The fourth-order valence-corrected chi connectivity index (χ4v) is 6.86. The number of likely N-dealkylation sites (tertiary alicyclic amines) is 1. The van der Waals surface area contributed by atoms with Crippen molar-refractivity contribution in [1.29, 1.82) is 0 Å². The van der Waals surface area contributed by atoms with Gasteiger partial charge in [-0.2, -0.15) is 0 Å². The maximum Gasteiger partial charge on any atom is 0.317 e. The first-order valence-electron chi connectivity index (χ1n) is 15.2. The molecule has 3 N–H and O–H groups in total. The average molecular weight is 563 g/mol. The van der Waals surface area contributed by atoms with Gasteiger partial charge in [0.2, 0.25) is 5.91 Å². The Kier molecular flexibility index (Phi) is 13.4. The van der Waals surface area contributed by atoms with Gasteiger partial charge in [-0.15, -0.1) is 0 Å². The fourth-order valence-electron chi connectivity index (χ4n) is 6.67. The molecule has 1 aliphatic carbocycles. The van der Waals surface area contributed by atoms with Crippen LogP contribution in [0.4, 0.5) is 4.79 Å². The van der Waals surface area contributed by atoms with Crippen LogP contribution < -0.4 is 16.0 Å². The van der Waals surface area contributed by atoms with Crippen LogP contribution >= 0.6 is 11.6 Å². The minimum atomic E-state index is -0.600. The van der Waals surface area contributed by atoms with E-state index >= 15 is 0 Å². The Bertz CT molecular complexity index is 894. The van der Waals surface area contributed by atoms with Crippen molar-refractivity contribution in [2.24, 2.45) is 11.8 Å². The van der Waals surface area contributed by atoms with Crippen LogP contribution in [-0.4, -0.2) is 63.3 Å². The summed E-state index contributed by atoms with van der Waals surface area (Å²) in [6, 6.07) is 8.02. The quantitative estimate of drug-likeness (QED) is 0.248. The minimum Gasteiger partial charge on any atom is -0.385 e. The van der Waals surface area contributed by atoms with E-state index in [4.69, 9.17) is 16.3 Å². The predicted octanol–water partition coefficient (Wildman–Crippen LogP) is 5.86. The zero-order valence-corrected chi connectivity index (χ0v) is 25.2. The number of amides is 3. The molecule has 0 spiro atoms. The van der Waals surface area contributed by atoms with Gasteiger partial charge in [-0.1, -0.05) is 62.8 Å². The van der Waals surface area contributed by atoms with Gasteiger partial charge in [-0.25, -0.2) is 4.79 Å². The highest BCUT2D eigenvalue weighted by Crippen LogP contribution is 2.41. The molecule has 39 heavy (non-hydrogen) atoms. The van der Waals surface area contributed by atoms with Crippen LogP contribution in [0.1, 0.15) is 89.5 Å². The highest BCUT2D eigenvalue weighted by atomic mass is 35.5. The van der Waals surface area contributed by atoms with Gasteiger partial charge in [0, 0.05) is 56.8 Å². The van der Waals surface area contributed by atoms with E-state index in [-0.39, 0.29) is 23.9 Å². The molecular formula is C31H51ClN4O3. The van der Waals surface area contributed by atoms with E-state index in [0.717, 1.165) is 57.2 Å². The maximum absolute atomic E-state index is 13.6. The van der Waals surface area contributed by atoms with Gasteiger partial charge in [0.25, 0.3) is 0 Å². The molecule has 1 aromatic carbocycles. The predicted molar refractivity (Wildman–Crippen MR) is 159 cm³/mol. The molecule has 0 radical (unpaired) electrons. The van der Waals surface area contributed by atoms with Crippen molar-refractivity contribution in [2.45, 2.75) is 95.6 Å². The lowest BCUT2D eigenvalue weighted by molar-refractivity contribution is -0.124. The summed E-state index contributed by atoms with van der Waals surface area (Å²) in [4.78, 5) is 28.6. The van der Waals surface area contributed by atoms with Crippen molar-refractivity contribution in [1.82, 2.24) is 20.9 Å². The SMILES string of the molecule is CCC(=O)N[C@](CCCCOC)(c1cccc(Cl)c1)[C@@H]1CCCN(C(=O)N[C@H](CNC)CC2CCCCC2)C1. The highest BCUT2D eigenvalue weighted by Gasteiger charge is 2.44. The van der Waals surface area contributed by atoms with Crippen LogP contribution in [0.2, 0.25) is 5.02 Å². The van der Waals surface area contributed by atoms with E-state index in [9.17, 15) is 9.59 Å². The number of hydrogen-bond donors (Lipinski definition) is 3. The normalized spacial score (nSPS) is 20.7. The Morgan fingerprint density at radius 3 is 2.64 bits per heavy atom. The van der Waals surface area contributed by atoms with E-state index in [0.29, 0.717) is 30.5 Å². The molecule has 2 fully saturated rings. The molecule has 0 unspecified atom stereocenters. The smallest absolute Gasteiger partial charge is 0.317 e. The fraction of sp³-hybridized carbons (Fsp3) is 0.742. The molecule has 1 saturated carbocycles. The summed E-state index contributed by atoms with van der Waals surface area (Å²) >= 11 is 6.48. The third-order valence-electron chi connectivity index (χ3n) is 8.72. The van der Waals surface area contributed by atoms with Crippen molar-refractivity contribution >= 4 is 23.5 Å². The summed E-state index contributed by atoms with van der Waals surface area (Å²) in [5.74, 6) is 0.790. The molecule has 8 heteroatoms. The number of urea groups is 1. The number of nitrogens with zero attached hydrogens (tertiary/aromatic N) is 1. The molecule has 1 aromatic rings. The molecule has 1 heterocycles. The van der Waals surface area contributed by atoms with Crippen LogP contribution in [0.15, 0.2) is 24.3 Å². The number of unbranched alkanes of at least 4 members (excludes halogenated alkanes) is 1. The first kappa shape index (κ1) is 31.7. The third-order valence-corrected chi connectivity index (χ3v) is 8.95. The van der Waals surface area contributed by atoms with Crippen LogP contribution in [-0.2, 0) is 15.1 Å². The summed E-state index contributed by atoms with van der Waals surface area (Å²) in [7, 11) is 3.67. The number of methoxy groups -OCH3 is 1. The Morgan fingerprint density at radius 1 is 1.15 bits per heavy atom. The van der Waals surface area contributed by atoms with Crippen LogP contribution in [0.3, 0.4) is 0 Å². The Morgan fingerprint density at radius 2 is 1.95 bits per heavy atom. The van der Waals surface area contributed by atoms with Crippen molar-refractivity contribution in [3.8, 4) is 0 Å². The lowest BCUT2D eigenvalue weighted by Gasteiger charge is -2.47. The molecule has 220 valence electrons. The number of rotatable bonds is 14. The standard InChI is InChI=1S/C31H51ClN4O3/c1-4-29(37)35-31(17-8-9-19-39-3,25-14-10-16-27(32)21-25)26-15-11-18-36(23-26)30(38)34-28(22-33-2)20-24-12-6-5-7-13-24/h10,14,16,21,24,26,28,33H,4-9,11-13,15,17-20,22-23H2,1-3H3,(H,34,38)(H,35,37)/t26-,28+,31-/m1/s1. The second-order valence-corrected chi connectivity index (χ2v) is 12.0. The number of hydrogen-bond acceptors (Lipinski definition) is 4. The number of nitrogens with one attached hydrogen (secondary N) is 3. The zero-order chi connectivity index (χ0) is 28.1.